The van der Waals surface area contributed by atoms with E-state index in [0.29, 0.717) is 60.3 Å². The molecular weight excluding hydrogens is 1050 g/mol. The lowest BCUT2D eigenvalue weighted by Gasteiger charge is -2.20. The molecule has 0 spiro atoms. The van der Waals surface area contributed by atoms with Gasteiger partial charge in [0.1, 0.15) is 47.9 Å². The summed E-state index contributed by atoms with van der Waals surface area (Å²) in [5, 5.41) is 18.3. The molecule has 3 saturated carbocycles. The van der Waals surface area contributed by atoms with Crippen molar-refractivity contribution >= 4 is 47.2 Å². The van der Waals surface area contributed by atoms with Crippen molar-refractivity contribution in [1.29, 1.82) is 0 Å². The van der Waals surface area contributed by atoms with Crippen molar-refractivity contribution in [2.75, 3.05) is 27.4 Å². The first-order valence-electron chi connectivity index (χ1n) is 26.0. The topological polar surface area (TPSA) is 244 Å². The smallest absolute Gasteiger partial charge is 0.317 e. The van der Waals surface area contributed by atoms with E-state index in [1.54, 1.807) is 42.1 Å². The minimum absolute atomic E-state index is 0.253. The molecule has 3 amide bonds. The Labute approximate surface area is 470 Å². The molecule has 6 atom stereocenters. The average molecular weight is 1120 g/mol. The zero-order chi connectivity index (χ0) is 58.1. The predicted molar refractivity (Wildman–Crippen MR) is 293 cm³/mol. The van der Waals surface area contributed by atoms with E-state index in [2.05, 4.69) is 17.3 Å². The van der Waals surface area contributed by atoms with Gasteiger partial charge in [-0.1, -0.05) is 103 Å². The molecule has 0 saturated heterocycles. The maximum absolute atomic E-state index is 12.8. The lowest BCUT2D eigenvalue weighted by Crippen LogP contribution is -2.37. The zero-order valence-electron chi connectivity index (χ0n) is 45.8. The van der Waals surface area contributed by atoms with E-state index in [4.69, 9.17) is 55.3 Å². The normalized spacial score (nSPS) is 20.8. The molecule has 8 rings (SSSR count). The molecule has 19 heteroatoms. The summed E-state index contributed by atoms with van der Waals surface area (Å²) in [6.45, 7) is 10.6. The van der Waals surface area contributed by atoms with Gasteiger partial charge < -0.3 is 28.4 Å². The molecule has 3 aliphatic carbocycles. The van der Waals surface area contributed by atoms with Crippen LogP contribution in [0, 0.1) is 35.0 Å². The van der Waals surface area contributed by atoms with Crippen LogP contribution in [0.2, 0.25) is 5.02 Å². The van der Waals surface area contributed by atoms with E-state index in [0.717, 1.165) is 28.7 Å². The van der Waals surface area contributed by atoms with Crippen LogP contribution in [0.5, 0.6) is 17.2 Å². The molecule has 424 valence electrons. The Hall–Kier alpha value is -7.95. The van der Waals surface area contributed by atoms with E-state index >= 15 is 0 Å². The van der Waals surface area contributed by atoms with Crippen LogP contribution >= 0.6 is 11.6 Å². The molecule has 5 aromatic carbocycles. The molecule has 0 radical (unpaired) electrons. The van der Waals surface area contributed by atoms with Gasteiger partial charge in [-0.15, -0.1) is 5.92 Å². The number of benzene rings is 5. The second-order valence-corrected chi connectivity index (χ2v) is 20.7. The largest absolute Gasteiger partial charge is 0.489 e. The maximum atomic E-state index is 12.8. The van der Waals surface area contributed by atoms with Gasteiger partial charge in [0.15, 0.2) is 0 Å². The van der Waals surface area contributed by atoms with Crippen LogP contribution in [0.4, 0.5) is 0 Å². The van der Waals surface area contributed by atoms with Gasteiger partial charge in [0.2, 0.25) is 17.7 Å². The molecule has 0 heterocycles. The van der Waals surface area contributed by atoms with E-state index < -0.39 is 63.4 Å². The fraction of sp³-hybridized carbons (Fsp3) is 0.377. The maximum Gasteiger partial charge on any atom is 0.317 e. The third-order valence-electron chi connectivity index (χ3n) is 13.7. The number of rotatable bonds is 20. The lowest BCUT2D eigenvalue weighted by molar-refractivity contribution is -0.152. The second-order valence-electron chi connectivity index (χ2n) is 20.3. The highest BCUT2D eigenvalue weighted by Gasteiger charge is 2.67. The Balaban J connectivity index is 0.000000195. The van der Waals surface area contributed by atoms with Crippen LogP contribution in [0.15, 0.2) is 127 Å². The monoisotopic (exact) mass is 1120 g/mol. The highest BCUT2D eigenvalue weighted by atomic mass is 35.5. The van der Waals surface area contributed by atoms with E-state index in [-0.39, 0.29) is 31.5 Å². The van der Waals surface area contributed by atoms with Crippen molar-refractivity contribution in [3.05, 3.63) is 160 Å². The summed E-state index contributed by atoms with van der Waals surface area (Å²) in [7, 11) is 2.57. The Bertz CT molecular complexity index is 3000. The number of amides is 3. The Morgan fingerprint density at radius 2 is 1.14 bits per heavy atom. The van der Waals surface area contributed by atoms with Gasteiger partial charge in [0.25, 0.3) is 0 Å². The van der Waals surface area contributed by atoms with Crippen LogP contribution in [0.3, 0.4) is 0 Å². The van der Waals surface area contributed by atoms with Gasteiger partial charge in [0.05, 0.1) is 49.6 Å². The first kappa shape index (κ1) is 61.3. The highest BCUT2D eigenvalue weighted by Crippen LogP contribution is 2.57. The standard InChI is InChI=1S/C24H29NO5.C20H20ClNO5.C17H19NO5/c1-5-28-22(27)24(15-20(24)21(26)25-30-23(2,3)4)18-11-13-19(14-12-18)29-16-17-9-7-6-8-10-17;1-26-19(24)20(11-17(20)18(23)22-25)10-13-4-8-16(9-5-13)27-12-14-2-6-15(21)7-3-14;1-3-4-5-9-23-13-8-6-7-12(10-13)17(16(20)22-2)11-14(17)15(19)18-21/h6-14,20H,5,15-16H2,1-4H3,(H,25,26);2-9,17,25H,10-12H2,1H3,(H,22,23);6-8,10,14,21H,3,9,11H2,1-2H3,(H,18,19)/t20-,24-;17-,20+;14-,17-/m010/s1. The van der Waals surface area contributed by atoms with Gasteiger partial charge in [0, 0.05) is 11.4 Å². The van der Waals surface area contributed by atoms with E-state index in [1.807, 2.05) is 131 Å². The summed E-state index contributed by atoms with van der Waals surface area (Å²) < 4.78 is 32.1. The number of halogens is 1. The quantitative estimate of drug-likeness (QED) is 0.0161. The SMILES string of the molecule is CCC#CCOc1cccc([C@@]2(C(=O)OC)C[C@H]2C(=O)NO)c1.CCOC(=O)[C@]1(c2ccc(OCc3ccccc3)cc2)C[C@H]1C(=O)NOC(C)(C)C.COC(=O)[C@@]1(Cc2ccc(OCc3ccc(Cl)cc3)cc2)C[C@@H]1C(=O)NO. The average Bonchev–Trinajstić information content (AvgIpc) is 4.51. The fourth-order valence-electron chi connectivity index (χ4n) is 9.27. The van der Waals surface area contributed by atoms with Crippen LogP contribution < -0.4 is 30.7 Å². The molecule has 0 aromatic heterocycles. The molecule has 3 fully saturated rings. The Morgan fingerprint density at radius 1 is 0.588 bits per heavy atom. The first-order valence-corrected chi connectivity index (χ1v) is 26.3. The van der Waals surface area contributed by atoms with Crippen molar-refractivity contribution in [1.82, 2.24) is 16.4 Å². The number of nitrogens with one attached hydrogen (secondary N) is 3. The fourth-order valence-corrected chi connectivity index (χ4v) is 9.39. The van der Waals surface area contributed by atoms with Gasteiger partial charge in [-0.2, -0.15) is 0 Å². The van der Waals surface area contributed by atoms with E-state index in [9.17, 15) is 28.8 Å². The summed E-state index contributed by atoms with van der Waals surface area (Å²) >= 11 is 5.86. The molecule has 3 aliphatic rings. The summed E-state index contributed by atoms with van der Waals surface area (Å²) in [5.74, 6) is 3.12. The predicted octanol–water partition coefficient (Wildman–Crippen LogP) is 8.49. The third kappa shape index (κ3) is 15.4. The van der Waals surface area contributed by atoms with Crippen LogP contribution in [0.1, 0.15) is 88.1 Å². The molecule has 0 unspecified atom stereocenters. The molecule has 0 aliphatic heterocycles. The van der Waals surface area contributed by atoms with Crippen molar-refractivity contribution in [3.63, 3.8) is 0 Å². The number of methoxy groups -OCH3 is 2. The van der Waals surface area contributed by atoms with Crippen LogP contribution in [0.25, 0.3) is 0 Å². The molecule has 5 N–H and O–H groups in total. The number of ether oxygens (including phenoxy) is 6. The highest BCUT2D eigenvalue weighted by molar-refractivity contribution is 6.30. The molecule has 18 nitrogen and oxygen atoms in total. The number of hydrogen-bond donors (Lipinski definition) is 5. The van der Waals surface area contributed by atoms with Gasteiger partial charge in [-0.25, -0.2) is 16.4 Å². The van der Waals surface area contributed by atoms with Gasteiger partial charge >= 0.3 is 17.9 Å². The van der Waals surface area contributed by atoms with Crippen LogP contribution in [-0.2, 0) is 78.3 Å². The first-order chi connectivity index (χ1) is 38.3. The lowest BCUT2D eigenvalue weighted by atomic mass is 9.92. The number of carbonyl (C=O) groups is 6. The Morgan fingerprint density at radius 3 is 1.70 bits per heavy atom. The summed E-state index contributed by atoms with van der Waals surface area (Å²) in [4.78, 5) is 78.5. The van der Waals surface area contributed by atoms with Gasteiger partial charge in [-0.3, -0.25) is 44.0 Å². The summed E-state index contributed by atoms with van der Waals surface area (Å²) in [6.07, 6.45) is 2.13. The van der Waals surface area contributed by atoms with E-state index in [1.165, 1.54) is 14.2 Å². The Kier molecular flexibility index (Phi) is 21.3. The number of esters is 3. The molecular formula is C61H68ClN3O15. The third-order valence-corrected chi connectivity index (χ3v) is 14.0. The second kappa shape index (κ2) is 27.8. The van der Waals surface area contributed by atoms with Gasteiger partial charge in [-0.05, 0) is 130 Å². The molecule has 0 bridgehead atoms. The number of hydrogen-bond acceptors (Lipinski definition) is 15. The van der Waals surface area contributed by atoms with Crippen LogP contribution in [-0.4, -0.2) is 79.1 Å². The zero-order valence-corrected chi connectivity index (χ0v) is 46.6. The number of carbonyl (C=O) groups excluding carboxylic acids is 6. The summed E-state index contributed by atoms with van der Waals surface area (Å²) in [6, 6.07) is 38.9. The minimum Gasteiger partial charge on any atom is -0.489 e. The molecule has 80 heavy (non-hydrogen) atoms. The number of hydroxylamine groups is 3. The van der Waals surface area contributed by atoms with Crippen molar-refractivity contribution in [3.8, 4) is 29.1 Å². The van der Waals surface area contributed by atoms with Crippen molar-refractivity contribution in [2.45, 2.75) is 96.4 Å². The minimum atomic E-state index is -1.07. The molecule has 5 aromatic rings. The van der Waals surface area contributed by atoms with Crippen molar-refractivity contribution in [2.24, 2.45) is 23.2 Å². The summed E-state index contributed by atoms with van der Waals surface area (Å²) in [5.41, 5.74) is 6.52. The van der Waals surface area contributed by atoms with Crippen molar-refractivity contribution < 1.29 is 72.4 Å².